The highest BCUT2D eigenvalue weighted by Gasteiger charge is 2.21. The van der Waals surface area contributed by atoms with Crippen molar-refractivity contribution in [1.82, 2.24) is 0 Å². The maximum absolute atomic E-state index is 11.1. The number of methoxy groups -OCH3 is 1. The number of aliphatic hydroxyl groups excluding tert-OH is 1. The average molecular weight is 316 g/mol. The van der Waals surface area contributed by atoms with Gasteiger partial charge in [-0.25, -0.2) is 4.79 Å². The molecule has 0 aliphatic heterocycles. The van der Waals surface area contributed by atoms with Gasteiger partial charge in [-0.05, 0) is 56.3 Å². The third-order valence-corrected chi connectivity index (χ3v) is 4.15. The Labute approximate surface area is 139 Å². The first-order valence-corrected chi connectivity index (χ1v) is 8.03. The summed E-state index contributed by atoms with van der Waals surface area (Å²) in [4.78, 5) is 11.1. The van der Waals surface area contributed by atoms with E-state index in [4.69, 9.17) is 0 Å². The summed E-state index contributed by atoms with van der Waals surface area (Å²) in [6.07, 6.45) is 13.0. The van der Waals surface area contributed by atoms with Crippen LogP contribution >= 0.6 is 0 Å². The summed E-state index contributed by atoms with van der Waals surface area (Å²) in [5, 5.41) is 9.96. The third kappa shape index (κ3) is 6.41. The van der Waals surface area contributed by atoms with Crippen LogP contribution in [0.1, 0.15) is 40.5 Å². The molecular formula is C20H28O3. The largest absolute Gasteiger partial charge is 0.466 e. The van der Waals surface area contributed by atoms with Gasteiger partial charge < -0.3 is 9.84 Å². The minimum absolute atomic E-state index is 0.305. The van der Waals surface area contributed by atoms with Gasteiger partial charge in [0.1, 0.15) is 0 Å². The molecule has 3 nitrogen and oxygen atoms in total. The zero-order valence-electron chi connectivity index (χ0n) is 14.8. The summed E-state index contributed by atoms with van der Waals surface area (Å²) in [7, 11) is 1.37. The molecule has 1 aliphatic rings. The summed E-state index contributed by atoms with van der Waals surface area (Å²) in [5.74, 6) is 0.142. The van der Waals surface area contributed by atoms with Crippen molar-refractivity contribution in [3.8, 4) is 0 Å². The number of carbonyl (C=O) groups is 1. The van der Waals surface area contributed by atoms with Gasteiger partial charge >= 0.3 is 5.97 Å². The van der Waals surface area contributed by atoms with Crippen molar-refractivity contribution in [3.05, 3.63) is 58.7 Å². The lowest BCUT2D eigenvalue weighted by Crippen LogP contribution is -2.19. The number of carbonyl (C=O) groups excluding carboxylic acids is 1. The third-order valence-electron chi connectivity index (χ3n) is 4.15. The Morgan fingerprint density at radius 1 is 1.22 bits per heavy atom. The lowest BCUT2D eigenvalue weighted by molar-refractivity contribution is -0.134. The predicted octanol–water partition coefficient (Wildman–Crippen LogP) is 4.27. The monoisotopic (exact) mass is 316 g/mol. The minimum atomic E-state index is -0.347. The normalized spacial score (nSPS) is 23.9. The fraction of sp³-hybridized carbons (Fsp3) is 0.450. The molecule has 126 valence electrons. The molecule has 0 amide bonds. The van der Waals surface area contributed by atoms with E-state index >= 15 is 0 Å². The van der Waals surface area contributed by atoms with Crippen LogP contribution in [-0.2, 0) is 9.53 Å². The Bertz CT molecular complexity index is 574. The van der Waals surface area contributed by atoms with Gasteiger partial charge in [0.05, 0.1) is 13.2 Å². The molecule has 0 aromatic carbocycles. The molecule has 0 aromatic heterocycles. The van der Waals surface area contributed by atoms with E-state index in [1.165, 1.54) is 18.8 Å². The van der Waals surface area contributed by atoms with Crippen LogP contribution in [0.4, 0.5) is 0 Å². The molecular weight excluding hydrogens is 288 g/mol. The molecule has 0 saturated carbocycles. The van der Waals surface area contributed by atoms with Crippen molar-refractivity contribution in [3.63, 3.8) is 0 Å². The first-order valence-electron chi connectivity index (χ1n) is 8.03. The second kappa shape index (κ2) is 9.31. The second-order valence-electron chi connectivity index (χ2n) is 6.15. The summed E-state index contributed by atoms with van der Waals surface area (Å²) >= 11 is 0. The number of allylic oxidation sites excluding steroid dienone is 8. The van der Waals surface area contributed by atoms with E-state index in [0.29, 0.717) is 5.92 Å². The topological polar surface area (TPSA) is 46.5 Å². The van der Waals surface area contributed by atoms with Gasteiger partial charge in [0, 0.05) is 6.08 Å². The molecule has 1 aliphatic carbocycles. The Morgan fingerprint density at radius 3 is 2.57 bits per heavy atom. The molecule has 0 aromatic rings. The number of ether oxygens (including phenoxy) is 1. The van der Waals surface area contributed by atoms with E-state index in [2.05, 4.69) is 23.8 Å². The minimum Gasteiger partial charge on any atom is -0.466 e. The second-order valence-corrected chi connectivity index (χ2v) is 6.15. The molecule has 2 atom stereocenters. The average Bonchev–Trinajstić information content (AvgIpc) is 2.50. The van der Waals surface area contributed by atoms with Gasteiger partial charge in [0.2, 0.25) is 0 Å². The van der Waals surface area contributed by atoms with Crippen molar-refractivity contribution in [2.45, 2.75) is 46.6 Å². The number of aliphatic hydroxyl groups is 1. The van der Waals surface area contributed by atoms with E-state index in [1.54, 1.807) is 0 Å². The lowest BCUT2D eigenvalue weighted by atomic mass is 9.82. The molecule has 23 heavy (non-hydrogen) atoms. The molecule has 0 fully saturated rings. The van der Waals surface area contributed by atoms with Crippen LogP contribution in [0.25, 0.3) is 0 Å². The maximum Gasteiger partial charge on any atom is 0.330 e. The zero-order valence-corrected chi connectivity index (χ0v) is 14.8. The van der Waals surface area contributed by atoms with Crippen LogP contribution in [0.5, 0.6) is 0 Å². The van der Waals surface area contributed by atoms with Crippen molar-refractivity contribution in [2.24, 2.45) is 5.92 Å². The van der Waals surface area contributed by atoms with Crippen molar-refractivity contribution < 1.29 is 14.6 Å². The fourth-order valence-electron chi connectivity index (χ4n) is 2.58. The Morgan fingerprint density at radius 2 is 1.91 bits per heavy atom. The number of hydrogen-bond donors (Lipinski definition) is 1. The van der Waals surface area contributed by atoms with Gasteiger partial charge in [0.15, 0.2) is 0 Å². The van der Waals surface area contributed by atoms with E-state index in [-0.39, 0.29) is 12.1 Å². The number of rotatable bonds is 5. The SMILES string of the molecule is COC(=O)\C=C(C)/C=C/C=C(C)/C=C/C1=C(C)C(O)CCC1C. The highest BCUT2D eigenvalue weighted by Crippen LogP contribution is 2.30. The molecule has 0 heterocycles. The highest BCUT2D eigenvalue weighted by atomic mass is 16.5. The van der Waals surface area contributed by atoms with Crippen LogP contribution in [0.3, 0.4) is 0 Å². The standard InChI is InChI=1S/C20H28O3/c1-14(7-6-8-15(2)13-20(22)23-5)9-11-18-16(3)10-12-19(21)17(18)4/h6-9,11,13,16,19,21H,10,12H2,1-5H3/b8-6+,11-9+,14-7+,15-13-. The maximum atomic E-state index is 11.1. The Balaban J connectivity index is 2.75. The molecule has 2 unspecified atom stereocenters. The summed E-state index contributed by atoms with van der Waals surface area (Å²) in [5.41, 5.74) is 4.27. The first-order chi connectivity index (χ1) is 10.8. The van der Waals surface area contributed by atoms with Crippen molar-refractivity contribution >= 4 is 5.97 Å². The molecule has 1 rings (SSSR count). The Hall–Kier alpha value is -1.87. The lowest BCUT2D eigenvalue weighted by Gasteiger charge is -2.26. The van der Waals surface area contributed by atoms with E-state index in [0.717, 1.165) is 29.6 Å². The van der Waals surface area contributed by atoms with Gasteiger partial charge in [-0.2, -0.15) is 0 Å². The van der Waals surface area contributed by atoms with Crippen LogP contribution in [0.2, 0.25) is 0 Å². The summed E-state index contributed by atoms with van der Waals surface area (Å²) < 4.78 is 4.58. The van der Waals surface area contributed by atoms with Gasteiger partial charge in [-0.15, -0.1) is 0 Å². The summed E-state index contributed by atoms with van der Waals surface area (Å²) in [6, 6.07) is 0. The van der Waals surface area contributed by atoms with Crippen LogP contribution in [-0.4, -0.2) is 24.3 Å². The molecule has 1 N–H and O–H groups in total. The van der Waals surface area contributed by atoms with Gasteiger partial charge in [-0.1, -0.05) is 42.9 Å². The van der Waals surface area contributed by atoms with Crippen molar-refractivity contribution in [1.29, 1.82) is 0 Å². The number of hydrogen-bond acceptors (Lipinski definition) is 3. The zero-order chi connectivity index (χ0) is 17.4. The van der Waals surface area contributed by atoms with Crippen LogP contribution in [0.15, 0.2) is 58.7 Å². The molecule has 0 spiro atoms. The Kier molecular flexibility index (Phi) is 7.76. The van der Waals surface area contributed by atoms with E-state index in [9.17, 15) is 9.90 Å². The van der Waals surface area contributed by atoms with Crippen LogP contribution in [0, 0.1) is 5.92 Å². The highest BCUT2D eigenvalue weighted by molar-refractivity contribution is 5.83. The van der Waals surface area contributed by atoms with E-state index in [1.807, 2.05) is 39.0 Å². The number of esters is 1. The molecule has 0 bridgehead atoms. The van der Waals surface area contributed by atoms with Gasteiger partial charge in [0.25, 0.3) is 0 Å². The van der Waals surface area contributed by atoms with Crippen molar-refractivity contribution in [2.75, 3.05) is 7.11 Å². The summed E-state index contributed by atoms with van der Waals surface area (Å²) in [6.45, 7) is 8.10. The first kappa shape index (κ1) is 19.2. The van der Waals surface area contributed by atoms with Gasteiger partial charge in [-0.3, -0.25) is 0 Å². The van der Waals surface area contributed by atoms with Crippen LogP contribution < -0.4 is 0 Å². The van der Waals surface area contributed by atoms with E-state index < -0.39 is 0 Å². The fourth-order valence-corrected chi connectivity index (χ4v) is 2.58. The molecule has 3 heteroatoms. The predicted molar refractivity (Wildman–Crippen MR) is 94.9 cm³/mol. The molecule has 0 radical (unpaired) electrons. The smallest absolute Gasteiger partial charge is 0.330 e. The quantitative estimate of drug-likeness (QED) is 0.468. The molecule has 0 saturated heterocycles.